The van der Waals surface area contributed by atoms with Crippen LogP contribution in [0.3, 0.4) is 0 Å². The number of carbonyl (C=O) groups excluding carboxylic acids is 1. The molecule has 4 rings (SSSR count). The second-order valence-electron chi connectivity index (χ2n) is 8.67. The van der Waals surface area contributed by atoms with E-state index in [-0.39, 0.29) is 17.9 Å². The zero-order valence-corrected chi connectivity index (χ0v) is 18.2. The Labute approximate surface area is 180 Å². The van der Waals surface area contributed by atoms with Crippen molar-refractivity contribution in [3.63, 3.8) is 0 Å². The number of benzene rings is 2. The van der Waals surface area contributed by atoms with Gasteiger partial charge in [0, 0.05) is 5.69 Å². The van der Waals surface area contributed by atoms with E-state index in [0.29, 0.717) is 0 Å². The summed E-state index contributed by atoms with van der Waals surface area (Å²) < 4.78 is 10.6. The first kappa shape index (κ1) is 20.8. The Morgan fingerprint density at radius 1 is 0.833 bits per heavy atom. The number of hydrogen-bond donors (Lipinski definition) is 0. The van der Waals surface area contributed by atoms with E-state index in [1.807, 2.05) is 41.3 Å². The number of anilines is 1. The van der Waals surface area contributed by atoms with Gasteiger partial charge in [0.05, 0.1) is 26.2 Å². The summed E-state index contributed by atoms with van der Waals surface area (Å²) >= 11 is 0. The molecule has 1 saturated carbocycles. The van der Waals surface area contributed by atoms with Crippen molar-refractivity contribution in [1.82, 2.24) is 0 Å². The number of rotatable bonds is 8. The maximum atomic E-state index is 13.2. The van der Waals surface area contributed by atoms with Crippen LogP contribution in [-0.2, 0) is 4.79 Å². The van der Waals surface area contributed by atoms with Gasteiger partial charge in [-0.3, -0.25) is 4.79 Å². The Bertz CT molecular complexity index is 824. The number of β-lactam (4-membered cyclic amide) rings is 1. The topological polar surface area (TPSA) is 38.8 Å². The molecular formula is C26H33NO3. The third-order valence-electron chi connectivity index (χ3n) is 6.87. The lowest BCUT2D eigenvalue weighted by molar-refractivity contribution is -0.130. The van der Waals surface area contributed by atoms with Crippen molar-refractivity contribution in [1.29, 1.82) is 0 Å². The maximum absolute atomic E-state index is 13.2. The van der Waals surface area contributed by atoms with Crippen LogP contribution < -0.4 is 14.4 Å². The van der Waals surface area contributed by atoms with E-state index in [0.717, 1.165) is 35.9 Å². The van der Waals surface area contributed by atoms with Crippen molar-refractivity contribution < 1.29 is 14.3 Å². The van der Waals surface area contributed by atoms with E-state index >= 15 is 0 Å². The summed E-state index contributed by atoms with van der Waals surface area (Å²) in [5.41, 5.74) is 2.11. The lowest BCUT2D eigenvalue weighted by Gasteiger charge is -2.48. The molecule has 1 saturated heterocycles. The first-order valence-corrected chi connectivity index (χ1v) is 11.3. The summed E-state index contributed by atoms with van der Waals surface area (Å²) in [6.45, 7) is 0. The van der Waals surface area contributed by atoms with Gasteiger partial charge in [-0.25, -0.2) is 0 Å². The SMILES string of the molecule is COc1ccc([C@@H]2[C@@H](CCCC3CCCCC3)C(=O)N2c2ccc(OC)cc2)cc1. The van der Waals surface area contributed by atoms with Gasteiger partial charge < -0.3 is 14.4 Å². The lowest BCUT2D eigenvalue weighted by Crippen LogP contribution is -2.55. The van der Waals surface area contributed by atoms with Crippen molar-refractivity contribution in [2.75, 3.05) is 19.1 Å². The number of methoxy groups -OCH3 is 2. The molecule has 1 aliphatic heterocycles. The maximum Gasteiger partial charge on any atom is 0.233 e. The van der Waals surface area contributed by atoms with Crippen LogP contribution in [-0.4, -0.2) is 20.1 Å². The molecule has 2 aromatic rings. The molecular weight excluding hydrogens is 374 g/mol. The van der Waals surface area contributed by atoms with Gasteiger partial charge in [0.2, 0.25) is 5.91 Å². The van der Waals surface area contributed by atoms with Crippen LogP contribution in [0.4, 0.5) is 5.69 Å². The Morgan fingerprint density at radius 2 is 1.43 bits per heavy atom. The van der Waals surface area contributed by atoms with Gasteiger partial charge in [-0.05, 0) is 54.3 Å². The van der Waals surface area contributed by atoms with E-state index < -0.39 is 0 Å². The Balaban J connectivity index is 1.49. The third-order valence-corrected chi connectivity index (χ3v) is 6.87. The van der Waals surface area contributed by atoms with Gasteiger partial charge in [-0.1, -0.05) is 57.1 Å². The Hall–Kier alpha value is -2.49. The van der Waals surface area contributed by atoms with Crippen molar-refractivity contribution in [3.05, 3.63) is 54.1 Å². The summed E-state index contributed by atoms with van der Waals surface area (Å²) in [4.78, 5) is 15.1. The molecule has 2 atom stereocenters. The molecule has 160 valence electrons. The number of carbonyl (C=O) groups is 1. The minimum atomic E-state index is 0.0593. The van der Waals surface area contributed by atoms with E-state index in [4.69, 9.17) is 9.47 Å². The molecule has 0 N–H and O–H groups in total. The first-order chi connectivity index (χ1) is 14.7. The van der Waals surface area contributed by atoms with Crippen molar-refractivity contribution in [3.8, 4) is 11.5 Å². The van der Waals surface area contributed by atoms with E-state index in [2.05, 4.69) is 12.1 Å². The van der Waals surface area contributed by atoms with Crippen molar-refractivity contribution in [2.45, 2.75) is 57.4 Å². The molecule has 0 spiro atoms. The predicted octanol–water partition coefficient (Wildman–Crippen LogP) is 6.16. The summed E-state index contributed by atoms with van der Waals surface area (Å²) in [7, 11) is 3.34. The van der Waals surface area contributed by atoms with Gasteiger partial charge in [-0.2, -0.15) is 0 Å². The van der Waals surface area contributed by atoms with E-state index in [1.54, 1.807) is 14.2 Å². The lowest BCUT2D eigenvalue weighted by atomic mass is 9.77. The summed E-state index contributed by atoms with van der Waals surface area (Å²) in [6.07, 6.45) is 10.3. The predicted molar refractivity (Wildman–Crippen MR) is 120 cm³/mol. The Kier molecular flexibility index (Phi) is 6.61. The number of ether oxygens (including phenoxy) is 2. The zero-order chi connectivity index (χ0) is 20.9. The molecule has 4 heteroatoms. The molecule has 0 aromatic heterocycles. The third kappa shape index (κ3) is 4.33. The quantitative estimate of drug-likeness (QED) is 0.492. The highest BCUT2D eigenvalue weighted by Crippen LogP contribution is 2.46. The molecule has 30 heavy (non-hydrogen) atoms. The number of hydrogen-bond acceptors (Lipinski definition) is 3. The summed E-state index contributed by atoms with van der Waals surface area (Å²) in [6, 6.07) is 16.1. The van der Waals surface area contributed by atoms with Gasteiger partial charge in [0.25, 0.3) is 0 Å². The molecule has 1 aliphatic carbocycles. The minimum absolute atomic E-state index is 0.0593. The highest BCUT2D eigenvalue weighted by atomic mass is 16.5. The van der Waals surface area contributed by atoms with Crippen molar-refractivity contribution in [2.24, 2.45) is 11.8 Å². The average Bonchev–Trinajstić information content (AvgIpc) is 2.81. The smallest absolute Gasteiger partial charge is 0.233 e. The minimum Gasteiger partial charge on any atom is -0.497 e. The molecule has 0 unspecified atom stereocenters. The molecule has 2 fully saturated rings. The monoisotopic (exact) mass is 407 g/mol. The molecule has 4 nitrogen and oxygen atoms in total. The largest absolute Gasteiger partial charge is 0.497 e. The van der Waals surface area contributed by atoms with Gasteiger partial charge >= 0.3 is 0 Å². The second-order valence-corrected chi connectivity index (χ2v) is 8.67. The van der Waals surface area contributed by atoms with Gasteiger partial charge in [0.1, 0.15) is 11.5 Å². The van der Waals surface area contributed by atoms with E-state index in [9.17, 15) is 4.79 Å². The first-order valence-electron chi connectivity index (χ1n) is 11.3. The van der Waals surface area contributed by atoms with E-state index in [1.165, 1.54) is 44.1 Å². The molecule has 0 bridgehead atoms. The molecule has 1 heterocycles. The molecule has 2 aromatic carbocycles. The fourth-order valence-electron chi connectivity index (χ4n) is 5.15. The van der Waals surface area contributed by atoms with Crippen LogP contribution >= 0.6 is 0 Å². The fraction of sp³-hybridized carbons (Fsp3) is 0.500. The van der Waals surface area contributed by atoms with Crippen LogP contribution in [0.5, 0.6) is 11.5 Å². The summed E-state index contributed by atoms with van der Waals surface area (Å²) in [5.74, 6) is 2.81. The second kappa shape index (κ2) is 9.55. The standard InChI is InChI=1S/C26H33NO3/c1-29-22-15-11-20(12-16-22)25-24(10-6-9-19-7-4-3-5-8-19)26(28)27(25)21-13-17-23(30-2)18-14-21/h11-19,24-25H,3-10H2,1-2H3/t24-,25-/m1/s1. The molecule has 1 amide bonds. The Morgan fingerprint density at radius 3 is 2.03 bits per heavy atom. The fourth-order valence-corrected chi connectivity index (χ4v) is 5.15. The van der Waals surface area contributed by atoms with Crippen LogP contribution in [0, 0.1) is 11.8 Å². The van der Waals surface area contributed by atoms with Crippen LogP contribution in [0.15, 0.2) is 48.5 Å². The van der Waals surface area contributed by atoms with Crippen LogP contribution in [0.1, 0.15) is 63.0 Å². The van der Waals surface area contributed by atoms with Gasteiger partial charge in [0.15, 0.2) is 0 Å². The van der Waals surface area contributed by atoms with Crippen LogP contribution in [0.2, 0.25) is 0 Å². The average molecular weight is 408 g/mol. The molecule has 2 aliphatic rings. The normalized spacial score (nSPS) is 21.9. The highest BCUT2D eigenvalue weighted by molar-refractivity contribution is 6.03. The highest BCUT2D eigenvalue weighted by Gasteiger charge is 2.48. The van der Waals surface area contributed by atoms with Crippen molar-refractivity contribution >= 4 is 11.6 Å². The van der Waals surface area contributed by atoms with Gasteiger partial charge in [-0.15, -0.1) is 0 Å². The number of amides is 1. The summed E-state index contributed by atoms with van der Waals surface area (Å²) in [5, 5.41) is 0. The number of nitrogens with zero attached hydrogens (tertiary/aromatic N) is 1. The van der Waals surface area contributed by atoms with Crippen LogP contribution in [0.25, 0.3) is 0 Å². The zero-order valence-electron chi connectivity index (χ0n) is 18.2. The molecule has 0 radical (unpaired) electrons.